The first-order valence-electron chi connectivity index (χ1n) is 10.7. The fourth-order valence-electron chi connectivity index (χ4n) is 7.50. The summed E-state index contributed by atoms with van der Waals surface area (Å²) in [6.07, 6.45) is 13.8. The topological polar surface area (TPSA) is 6.48 Å². The van der Waals surface area contributed by atoms with Gasteiger partial charge in [-0.1, -0.05) is 6.92 Å². The minimum absolute atomic E-state index is 0.923. The maximum Gasteiger partial charge on any atom is 0.0153 e. The van der Waals surface area contributed by atoms with E-state index in [0.717, 1.165) is 41.7 Å². The molecule has 23 heavy (non-hydrogen) atoms. The van der Waals surface area contributed by atoms with E-state index in [1.54, 1.807) is 32.1 Å². The SMILES string of the molecule is CC1CCC(N2CCN(C3C4CC5CC(C4)CC3C5)CC2)CC1. The van der Waals surface area contributed by atoms with Crippen LogP contribution in [0.25, 0.3) is 0 Å². The summed E-state index contributed by atoms with van der Waals surface area (Å²) in [7, 11) is 0. The molecule has 6 rings (SSSR count). The molecule has 1 saturated heterocycles. The minimum atomic E-state index is 0.923. The van der Waals surface area contributed by atoms with Gasteiger partial charge in [-0.2, -0.15) is 0 Å². The van der Waals surface area contributed by atoms with E-state index in [0.29, 0.717) is 0 Å². The third kappa shape index (κ3) is 2.78. The van der Waals surface area contributed by atoms with E-state index in [4.69, 9.17) is 0 Å². The Kier molecular flexibility index (Phi) is 3.98. The van der Waals surface area contributed by atoms with Gasteiger partial charge < -0.3 is 0 Å². The molecule has 0 aromatic heterocycles. The first kappa shape index (κ1) is 15.2. The van der Waals surface area contributed by atoms with Crippen molar-refractivity contribution in [3.8, 4) is 0 Å². The summed E-state index contributed by atoms with van der Waals surface area (Å²) in [6.45, 7) is 7.92. The van der Waals surface area contributed by atoms with Gasteiger partial charge in [0.05, 0.1) is 0 Å². The van der Waals surface area contributed by atoms with Crippen LogP contribution in [-0.4, -0.2) is 48.1 Å². The third-order valence-corrected chi connectivity index (χ3v) is 8.45. The highest BCUT2D eigenvalue weighted by molar-refractivity contribution is 5.03. The summed E-state index contributed by atoms with van der Waals surface area (Å²) in [5.74, 6) is 5.39. The van der Waals surface area contributed by atoms with Crippen LogP contribution in [-0.2, 0) is 0 Å². The molecule has 0 atom stereocenters. The van der Waals surface area contributed by atoms with Gasteiger partial charge in [0.2, 0.25) is 0 Å². The summed E-state index contributed by atoms with van der Waals surface area (Å²) in [5, 5.41) is 0. The average molecular weight is 317 g/mol. The maximum atomic E-state index is 2.95. The van der Waals surface area contributed by atoms with Gasteiger partial charge in [-0.05, 0) is 87.4 Å². The van der Waals surface area contributed by atoms with E-state index in [1.807, 2.05) is 0 Å². The molecule has 6 aliphatic rings. The molecule has 130 valence electrons. The number of nitrogens with zero attached hydrogens (tertiary/aromatic N) is 2. The first-order valence-corrected chi connectivity index (χ1v) is 10.7. The molecule has 0 spiro atoms. The highest BCUT2D eigenvalue weighted by atomic mass is 15.3. The Bertz CT molecular complexity index is 390. The lowest BCUT2D eigenvalue weighted by Crippen LogP contribution is -2.61. The smallest absolute Gasteiger partial charge is 0.0153 e. The van der Waals surface area contributed by atoms with Gasteiger partial charge in [-0.15, -0.1) is 0 Å². The van der Waals surface area contributed by atoms with Crippen molar-refractivity contribution in [2.24, 2.45) is 29.6 Å². The van der Waals surface area contributed by atoms with Crippen molar-refractivity contribution in [2.45, 2.75) is 76.8 Å². The highest BCUT2D eigenvalue weighted by Gasteiger charge is 2.50. The van der Waals surface area contributed by atoms with Crippen LogP contribution in [0.5, 0.6) is 0 Å². The standard InChI is InChI=1S/C21H36N2/c1-15-2-4-20(5-3-15)22-6-8-23(9-7-22)21-18-11-16-10-17(13-18)14-19(21)12-16/h15-21H,2-14H2,1H3. The Hall–Kier alpha value is -0.0800. The summed E-state index contributed by atoms with van der Waals surface area (Å²) in [5.41, 5.74) is 0. The Morgan fingerprint density at radius 3 is 1.70 bits per heavy atom. The summed E-state index contributed by atoms with van der Waals surface area (Å²) >= 11 is 0. The molecule has 4 bridgehead atoms. The van der Waals surface area contributed by atoms with E-state index in [1.165, 1.54) is 51.9 Å². The Balaban J connectivity index is 1.19. The molecule has 2 heteroatoms. The second-order valence-electron chi connectivity index (χ2n) is 9.91. The van der Waals surface area contributed by atoms with E-state index in [2.05, 4.69) is 16.7 Å². The Labute approximate surface area is 143 Å². The molecule has 0 unspecified atom stereocenters. The van der Waals surface area contributed by atoms with Gasteiger partial charge in [-0.3, -0.25) is 9.80 Å². The van der Waals surface area contributed by atoms with Gasteiger partial charge in [-0.25, -0.2) is 0 Å². The van der Waals surface area contributed by atoms with Crippen molar-refractivity contribution in [2.75, 3.05) is 26.2 Å². The average Bonchev–Trinajstić information content (AvgIpc) is 2.55. The first-order chi connectivity index (χ1) is 11.3. The summed E-state index contributed by atoms with van der Waals surface area (Å²) in [4.78, 5) is 5.81. The van der Waals surface area contributed by atoms with E-state index < -0.39 is 0 Å². The van der Waals surface area contributed by atoms with Crippen LogP contribution in [0.2, 0.25) is 0 Å². The van der Waals surface area contributed by atoms with Crippen LogP contribution in [0.3, 0.4) is 0 Å². The predicted octanol–water partition coefficient (Wildman–Crippen LogP) is 4.01. The van der Waals surface area contributed by atoms with Gasteiger partial charge in [0.25, 0.3) is 0 Å². The second-order valence-corrected chi connectivity index (χ2v) is 9.91. The number of piperazine rings is 1. The molecule has 5 aliphatic carbocycles. The zero-order chi connectivity index (χ0) is 15.4. The second kappa shape index (κ2) is 6.02. The molecule has 1 heterocycles. The van der Waals surface area contributed by atoms with Crippen molar-refractivity contribution in [1.82, 2.24) is 9.80 Å². The normalized spacial score (nSPS) is 51.3. The molecular weight excluding hydrogens is 280 g/mol. The molecule has 0 radical (unpaired) electrons. The molecule has 0 amide bonds. The molecule has 0 N–H and O–H groups in total. The number of hydrogen-bond acceptors (Lipinski definition) is 2. The van der Waals surface area contributed by atoms with E-state index >= 15 is 0 Å². The van der Waals surface area contributed by atoms with Gasteiger partial charge >= 0.3 is 0 Å². The lowest BCUT2D eigenvalue weighted by atomic mass is 9.54. The van der Waals surface area contributed by atoms with Crippen LogP contribution in [0.4, 0.5) is 0 Å². The quantitative estimate of drug-likeness (QED) is 0.759. The lowest BCUT2D eigenvalue weighted by Gasteiger charge is -2.58. The van der Waals surface area contributed by atoms with Crippen molar-refractivity contribution < 1.29 is 0 Å². The fraction of sp³-hybridized carbons (Fsp3) is 1.00. The maximum absolute atomic E-state index is 2.95. The van der Waals surface area contributed by atoms with E-state index in [-0.39, 0.29) is 0 Å². The summed E-state index contributed by atoms with van der Waals surface area (Å²) < 4.78 is 0. The molecule has 0 aromatic carbocycles. The van der Waals surface area contributed by atoms with Crippen LogP contribution in [0.15, 0.2) is 0 Å². The molecule has 6 fully saturated rings. The fourth-order valence-corrected chi connectivity index (χ4v) is 7.50. The van der Waals surface area contributed by atoms with Gasteiger partial charge in [0, 0.05) is 38.3 Å². The Morgan fingerprint density at radius 2 is 1.13 bits per heavy atom. The zero-order valence-corrected chi connectivity index (χ0v) is 15.1. The van der Waals surface area contributed by atoms with Gasteiger partial charge in [0.1, 0.15) is 0 Å². The van der Waals surface area contributed by atoms with Crippen LogP contribution >= 0.6 is 0 Å². The largest absolute Gasteiger partial charge is 0.298 e. The van der Waals surface area contributed by atoms with Crippen LogP contribution < -0.4 is 0 Å². The number of hydrogen-bond donors (Lipinski definition) is 0. The van der Waals surface area contributed by atoms with Crippen molar-refractivity contribution in [3.63, 3.8) is 0 Å². The highest BCUT2D eigenvalue weighted by Crippen LogP contribution is 2.55. The molecule has 2 nitrogen and oxygen atoms in total. The van der Waals surface area contributed by atoms with Gasteiger partial charge in [0.15, 0.2) is 0 Å². The third-order valence-electron chi connectivity index (χ3n) is 8.45. The minimum Gasteiger partial charge on any atom is -0.298 e. The van der Waals surface area contributed by atoms with E-state index in [9.17, 15) is 0 Å². The molecule has 5 saturated carbocycles. The molecule has 0 aromatic rings. The number of rotatable bonds is 2. The molecular formula is C21H36N2. The monoisotopic (exact) mass is 316 g/mol. The predicted molar refractivity (Wildman–Crippen MR) is 95.4 cm³/mol. The van der Waals surface area contributed by atoms with Crippen molar-refractivity contribution in [3.05, 3.63) is 0 Å². The van der Waals surface area contributed by atoms with Crippen LogP contribution in [0, 0.1) is 29.6 Å². The molecule has 1 aliphatic heterocycles. The van der Waals surface area contributed by atoms with Crippen molar-refractivity contribution >= 4 is 0 Å². The lowest BCUT2D eigenvalue weighted by molar-refractivity contribution is -0.0802. The van der Waals surface area contributed by atoms with Crippen molar-refractivity contribution in [1.29, 1.82) is 0 Å². The van der Waals surface area contributed by atoms with Crippen LogP contribution in [0.1, 0.15) is 64.7 Å². The Morgan fingerprint density at radius 1 is 0.609 bits per heavy atom. The zero-order valence-electron chi connectivity index (χ0n) is 15.1. The summed E-state index contributed by atoms with van der Waals surface area (Å²) in [6, 6.07) is 1.91.